The molecule has 0 saturated carbocycles. The molecule has 1 amide bonds. The number of benzene rings is 2. The summed E-state index contributed by atoms with van der Waals surface area (Å²) in [6, 6.07) is 12.1. The summed E-state index contributed by atoms with van der Waals surface area (Å²) >= 11 is 3.31. The molecule has 0 aliphatic carbocycles. The third-order valence-corrected chi connectivity index (χ3v) is 6.30. The minimum Gasteiger partial charge on any atom is -0.495 e. The van der Waals surface area contributed by atoms with E-state index in [4.69, 9.17) is 4.74 Å². The molecule has 0 N–H and O–H groups in total. The van der Waals surface area contributed by atoms with Crippen LogP contribution in [0.25, 0.3) is 10.2 Å². The van der Waals surface area contributed by atoms with Crippen molar-refractivity contribution in [3.05, 3.63) is 52.3 Å². The topological polar surface area (TPSA) is 43.6 Å². The second-order valence-corrected chi connectivity index (χ2v) is 8.28. The van der Waals surface area contributed by atoms with Crippen LogP contribution in [-0.4, -0.2) is 23.3 Å². The number of ether oxygens (including phenoxy) is 1. The number of methoxy groups -OCH3 is 1. The average Bonchev–Trinajstić information content (AvgIpc) is 2.95. The molecule has 0 aliphatic heterocycles. The van der Waals surface area contributed by atoms with Crippen LogP contribution in [0.5, 0.6) is 5.75 Å². The van der Waals surface area contributed by atoms with Gasteiger partial charge in [0.2, 0.25) is 0 Å². The molecular formula is C20H22N2O2S2. The lowest BCUT2D eigenvalue weighted by Crippen LogP contribution is -2.14. The number of thioether (sulfide) groups is 1. The second kappa shape index (κ2) is 8.10. The Balaban J connectivity index is 1.90. The normalized spacial score (nSPS) is 11.9. The van der Waals surface area contributed by atoms with E-state index in [0.717, 1.165) is 32.8 Å². The fraction of sp³-hybridized carbons (Fsp3) is 0.300. The van der Waals surface area contributed by atoms with E-state index in [1.807, 2.05) is 35.9 Å². The average molecular weight is 387 g/mol. The Labute approximate surface area is 161 Å². The molecule has 0 spiro atoms. The second-order valence-electron chi connectivity index (χ2n) is 5.97. The molecule has 6 heteroatoms. The van der Waals surface area contributed by atoms with Gasteiger partial charge in [0.05, 0.1) is 18.2 Å². The van der Waals surface area contributed by atoms with Crippen LogP contribution in [0, 0.1) is 6.92 Å². The summed E-state index contributed by atoms with van der Waals surface area (Å²) in [7, 11) is 3.58. The summed E-state index contributed by atoms with van der Waals surface area (Å²) in [6.45, 7) is 4.18. The lowest BCUT2D eigenvalue weighted by atomic mass is 10.1. The maximum atomic E-state index is 12.5. The Morgan fingerprint density at radius 3 is 2.62 bits per heavy atom. The molecule has 0 aliphatic rings. The number of fused-ring (bicyclic) bond motifs is 1. The Bertz CT molecular complexity index is 1000. The van der Waals surface area contributed by atoms with Crippen molar-refractivity contribution in [1.29, 1.82) is 0 Å². The summed E-state index contributed by atoms with van der Waals surface area (Å²) in [5, 5.41) is 0. The molecule has 0 radical (unpaired) electrons. The van der Waals surface area contributed by atoms with E-state index in [1.54, 1.807) is 18.9 Å². The van der Waals surface area contributed by atoms with Crippen LogP contribution in [-0.2, 0) is 18.3 Å². The molecule has 1 heterocycles. The number of thiazole rings is 1. The lowest BCUT2D eigenvalue weighted by Gasteiger charge is -2.05. The van der Waals surface area contributed by atoms with Crippen LogP contribution in [0.3, 0.4) is 0 Å². The minimum atomic E-state index is -0.139. The first kappa shape index (κ1) is 18.7. The van der Waals surface area contributed by atoms with Crippen LogP contribution >= 0.6 is 23.1 Å². The Morgan fingerprint density at radius 2 is 1.96 bits per heavy atom. The first-order chi connectivity index (χ1) is 12.5. The molecule has 26 heavy (non-hydrogen) atoms. The number of nitrogens with zero attached hydrogens (tertiary/aromatic N) is 2. The van der Waals surface area contributed by atoms with E-state index in [0.29, 0.717) is 11.2 Å². The van der Waals surface area contributed by atoms with Gasteiger partial charge in [-0.2, -0.15) is 4.99 Å². The molecule has 136 valence electrons. The van der Waals surface area contributed by atoms with E-state index in [9.17, 15) is 4.79 Å². The number of rotatable bonds is 5. The smallest absolute Gasteiger partial charge is 0.252 e. The van der Waals surface area contributed by atoms with Gasteiger partial charge in [0.25, 0.3) is 5.91 Å². The van der Waals surface area contributed by atoms with Gasteiger partial charge in [-0.1, -0.05) is 36.5 Å². The van der Waals surface area contributed by atoms with Crippen molar-refractivity contribution < 1.29 is 9.53 Å². The third kappa shape index (κ3) is 3.86. The predicted octanol–water partition coefficient (Wildman–Crippen LogP) is 4.34. The number of aryl methyl sites for hydroxylation is 2. The van der Waals surface area contributed by atoms with Crippen molar-refractivity contribution in [2.75, 3.05) is 12.9 Å². The fourth-order valence-electron chi connectivity index (χ4n) is 2.81. The minimum absolute atomic E-state index is 0.139. The van der Waals surface area contributed by atoms with E-state index in [1.165, 1.54) is 16.2 Å². The molecule has 2 aromatic carbocycles. The number of hydrogen-bond donors (Lipinski definition) is 0. The number of hydrogen-bond acceptors (Lipinski definition) is 4. The van der Waals surface area contributed by atoms with Crippen molar-refractivity contribution in [3.8, 4) is 5.75 Å². The van der Waals surface area contributed by atoms with Crippen molar-refractivity contribution in [1.82, 2.24) is 4.57 Å². The maximum absolute atomic E-state index is 12.5. The summed E-state index contributed by atoms with van der Waals surface area (Å²) in [4.78, 5) is 18.7. The van der Waals surface area contributed by atoms with Gasteiger partial charge >= 0.3 is 0 Å². The molecule has 0 saturated heterocycles. The van der Waals surface area contributed by atoms with Crippen LogP contribution in [0.1, 0.15) is 18.1 Å². The highest BCUT2D eigenvalue weighted by atomic mass is 32.2. The fourth-order valence-corrected chi connectivity index (χ4v) is 4.59. The van der Waals surface area contributed by atoms with Crippen molar-refractivity contribution in [3.63, 3.8) is 0 Å². The van der Waals surface area contributed by atoms with Gasteiger partial charge in [0.1, 0.15) is 11.3 Å². The van der Waals surface area contributed by atoms with Gasteiger partial charge in [-0.25, -0.2) is 0 Å². The Hall–Kier alpha value is -2.05. The summed E-state index contributed by atoms with van der Waals surface area (Å²) in [5.41, 5.74) is 3.11. The summed E-state index contributed by atoms with van der Waals surface area (Å²) in [6.07, 6.45) is 0.307. The number of carbonyl (C=O) groups excluding carboxylic acids is 1. The zero-order valence-electron chi connectivity index (χ0n) is 15.4. The monoisotopic (exact) mass is 386 g/mol. The van der Waals surface area contributed by atoms with Gasteiger partial charge in [-0.15, -0.1) is 11.8 Å². The zero-order valence-corrected chi connectivity index (χ0v) is 17.0. The predicted molar refractivity (Wildman–Crippen MR) is 109 cm³/mol. The first-order valence-corrected chi connectivity index (χ1v) is 10.3. The van der Waals surface area contributed by atoms with Gasteiger partial charge in [-0.05, 0) is 42.0 Å². The van der Waals surface area contributed by atoms with Gasteiger partial charge in [0.15, 0.2) is 4.80 Å². The van der Waals surface area contributed by atoms with Crippen LogP contribution < -0.4 is 9.54 Å². The highest BCUT2D eigenvalue weighted by Crippen LogP contribution is 2.29. The van der Waals surface area contributed by atoms with Gasteiger partial charge in [-0.3, -0.25) is 4.79 Å². The number of amides is 1. The molecule has 4 nitrogen and oxygen atoms in total. The standard InChI is InChI=1S/C20H22N2O2S2/c1-5-25-15-9-7-14(8-10-15)12-17(23)21-20-22(3)18-16(24-4)11-6-13(2)19(18)26-20/h6-11H,5,12H2,1-4H3. The van der Waals surface area contributed by atoms with Crippen molar-refractivity contribution in [2.24, 2.45) is 12.0 Å². The molecule has 0 atom stereocenters. The quantitative estimate of drug-likeness (QED) is 0.613. The van der Waals surface area contributed by atoms with E-state index in [2.05, 4.69) is 31.0 Å². The highest BCUT2D eigenvalue weighted by molar-refractivity contribution is 7.99. The van der Waals surface area contributed by atoms with Crippen molar-refractivity contribution >= 4 is 39.2 Å². The van der Waals surface area contributed by atoms with E-state index < -0.39 is 0 Å². The molecule has 3 aromatic rings. The van der Waals surface area contributed by atoms with E-state index in [-0.39, 0.29) is 5.91 Å². The molecular weight excluding hydrogens is 364 g/mol. The van der Waals surface area contributed by atoms with Crippen LogP contribution in [0.15, 0.2) is 46.3 Å². The highest BCUT2D eigenvalue weighted by Gasteiger charge is 2.12. The molecule has 0 unspecified atom stereocenters. The zero-order chi connectivity index (χ0) is 18.7. The Kier molecular flexibility index (Phi) is 5.84. The number of carbonyl (C=O) groups is 1. The molecule has 1 aromatic heterocycles. The van der Waals surface area contributed by atoms with Crippen LogP contribution in [0.4, 0.5) is 0 Å². The lowest BCUT2D eigenvalue weighted by molar-refractivity contribution is -0.117. The third-order valence-electron chi connectivity index (χ3n) is 4.14. The number of aromatic nitrogens is 1. The summed E-state index contributed by atoms with van der Waals surface area (Å²) < 4.78 is 8.50. The van der Waals surface area contributed by atoms with Crippen molar-refractivity contribution in [2.45, 2.75) is 25.2 Å². The van der Waals surface area contributed by atoms with E-state index >= 15 is 0 Å². The summed E-state index contributed by atoms with van der Waals surface area (Å²) in [5.74, 6) is 1.70. The van der Waals surface area contributed by atoms with Gasteiger partial charge in [0, 0.05) is 11.9 Å². The maximum Gasteiger partial charge on any atom is 0.252 e. The SMILES string of the molecule is CCSc1ccc(CC(=O)N=c2sc3c(C)ccc(OC)c3n2C)cc1. The largest absolute Gasteiger partial charge is 0.495 e. The first-order valence-electron chi connectivity index (χ1n) is 8.46. The Morgan fingerprint density at radius 1 is 1.23 bits per heavy atom. The van der Waals surface area contributed by atoms with Gasteiger partial charge < -0.3 is 9.30 Å². The molecule has 0 bridgehead atoms. The molecule has 3 rings (SSSR count). The van der Waals surface area contributed by atoms with Crippen LogP contribution in [0.2, 0.25) is 0 Å². The molecule has 0 fully saturated rings.